The quantitative estimate of drug-likeness (QED) is 0.633. The molecule has 0 aliphatic heterocycles. The van der Waals surface area contributed by atoms with E-state index in [1.165, 1.54) is 0 Å². The molecule has 2 aromatic carbocycles. The number of methoxy groups -OCH3 is 1. The monoisotopic (exact) mass is 405 g/mol. The van der Waals surface area contributed by atoms with Gasteiger partial charge >= 0.3 is 0 Å². The Hall–Kier alpha value is -1.92. The van der Waals surface area contributed by atoms with Gasteiger partial charge in [0, 0.05) is 49.6 Å². The first-order valence-electron chi connectivity index (χ1n) is 7.26. The highest BCUT2D eigenvalue weighted by molar-refractivity contribution is 9.10. The first kappa shape index (κ1) is 16.9. The van der Waals surface area contributed by atoms with Gasteiger partial charge in [-0.05, 0) is 30.3 Å². The third kappa shape index (κ3) is 3.60. The van der Waals surface area contributed by atoms with E-state index in [1.807, 2.05) is 42.5 Å². The molecule has 0 N–H and O–H groups in total. The molecule has 1 heterocycles. The molecule has 1 aromatic heterocycles. The summed E-state index contributed by atoms with van der Waals surface area (Å²) in [5.74, 6) is 1.52. The minimum Gasteiger partial charge on any atom is -0.497 e. The molecule has 0 bridgehead atoms. The molecule has 0 radical (unpaired) electrons. The average Bonchev–Trinajstić information content (AvgIpc) is 2.59. The number of benzene rings is 2. The summed E-state index contributed by atoms with van der Waals surface area (Å²) < 4.78 is 23.6. The standard InChI is InChI=1S/C18H16BrNO3S/c1-22-13-4-6-15-17(9-13)20-8-7-18(15)23-11-12-3-5-14(24(2)21)10-16(12)19/h3-10H,11H2,1-2H3. The van der Waals surface area contributed by atoms with Gasteiger partial charge in [-0.25, -0.2) is 0 Å². The van der Waals surface area contributed by atoms with Crippen molar-refractivity contribution >= 4 is 37.6 Å². The molecule has 3 rings (SSSR count). The van der Waals surface area contributed by atoms with Crippen molar-refractivity contribution in [3.05, 3.63) is 58.7 Å². The van der Waals surface area contributed by atoms with Crippen LogP contribution < -0.4 is 9.47 Å². The molecule has 0 aliphatic rings. The van der Waals surface area contributed by atoms with Crippen LogP contribution in [-0.2, 0) is 17.4 Å². The molecule has 0 aliphatic carbocycles. The summed E-state index contributed by atoms with van der Waals surface area (Å²) in [5.41, 5.74) is 1.81. The van der Waals surface area contributed by atoms with E-state index >= 15 is 0 Å². The van der Waals surface area contributed by atoms with Crippen LogP contribution in [0.3, 0.4) is 0 Å². The Morgan fingerprint density at radius 1 is 1.17 bits per heavy atom. The molecule has 124 valence electrons. The second-order valence-corrected chi connectivity index (χ2v) is 7.42. The number of hydrogen-bond donors (Lipinski definition) is 0. The number of ether oxygens (including phenoxy) is 2. The van der Waals surface area contributed by atoms with Gasteiger partial charge in [0.1, 0.15) is 18.1 Å². The van der Waals surface area contributed by atoms with Crippen LogP contribution in [0.4, 0.5) is 0 Å². The summed E-state index contributed by atoms with van der Waals surface area (Å²) in [6.45, 7) is 0.405. The van der Waals surface area contributed by atoms with E-state index in [4.69, 9.17) is 9.47 Å². The maximum Gasteiger partial charge on any atom is 0.130 e. The van der Waals surface area contributed by atoms with Crippen molar-refractivity contribution in [1.82, 2.24) is 4.98 Å². The molecule has 3 aromatic rings. The predicted molar refractivity (Wildman–Crippen MR) is 99.1 cm³/mol. The molecule has 6 heteroatoms. The molecule has 4 nitrogen and oxygen atoms in total. The molecule has 0 spiro atoms. The largest absolute Gasteiger partial charge is 0.497 e. The van der Waals surface area contributed by atoms with E-state index in [0.717, 1.165) is 37.3 Å². The molecule has 0 fully saturated rings. The highest BCUT2D eigenvalue weighted by Crippen LogP contribution is 2.28. The van der Waals surface area contributed by atoms with Crippen molar-refractivity contribution in [2.24, 2.45) is 0 Å². The van der Waals surface area contributed by atoms with Crippen LogP contribution in [0.5, 0.6) is 11.5 Å². The number of nitrogens with zero attached hydrogens (tertiary/aromatic N) is 1. The molecule has 1 unspecified atom stereocenters. The maximum atomic E-state index is 11.5. The average molecular weight is 406 g/mol. The zero-order valence-electron chi connectivity index (χ0n) is 13.3. The number of hydrogen-bond acceptors (Lipinski definition) is 4. The Morgan fingerprint density at radius 2 is 2.00 bits per heavy atom. The first-order chi connectivity index (χ1) is 11.6. The third-order valence-corrected chi connectivity index (χ3v) is 5.31. The van der Waals surface area contributed by atoms with Gasteiger partial charge in [-0.15, -0.1) is 0 Å². The highest BCUT2D eigenvalue weighted by atomic mass is 79.9. The third-order valence-electron chi connectivity index (χ3n) is 3.65. The van der Waals surface area contributed by atoms with Crippen molar-refractivity contribution in [1.29, 1.82) is 0 Å². The number of rotatable bonds is 5. The Balaban J connectivity index is 1.84. The van der Waals surface area contributed by atoms with Gasteiger partial charge in [0.05, 0.1) is 12.6 Å². The van der Waals surface area contributed by atoms with E-state index in [-0.39, 0.29) is 0 Å². The van der Waals surface area contributed by atoms with Crippen molar-refractivity contribution in [3.63, 3.8) is 0 Å². The van der Waals surface area contributed by atoms with Crippen LogP contribution in [0.2, 0.25) is 0 Å². The molecular formula is C18H16BrNO3S. The van der Waals surface area contributed by atoms with Crippen LogP contribution in [0.15, 0.2) is 58.0 Å². The predicted octanol–water partition coefficient (Wildman–Crippen LogP) is 4.32. The highest BCUT2D eigenvalue weighted by Gasteiger charge is 2.08. The summed E-state index contributed by atoms with van der Waals surface area (Å²) in [7, 11) is 0.631. The lowest BCUT2D eigenvalue weighted by Gasteiger charge is -2.11. The van der Waals surface area contributed by atoms with Gasteiger partial charge in [-0.3, -0.25) is 9.19 Å². The van der Waals surface area contributed by atoms with E-state index < -0.39 is 10.8 Å². The van der Waals surface area contributed by atoms with Crippen molar-refractivity contribution < 1.29 is 13.7 Å². The number of fused-ring (bicyclic) bond motifs is 1. The minimum atomic E-state index is -1.00. The van der Waals surface area contributed by atoms with E-state index in [9.17, 15) is 4.21 Å². The van der Waals surface area contributed by atoms with Gasteiger partial charge in [-0.1, -0.05) is 22.0 Å². The number of aromatic nitrogens is 1. The number of halogens is 1. The first-order valence-corrected chi connectivity index (χ1v) is 9.61. The van der Waals surface area contributed by atoms with Crippen LogP contribution >= 0.6 is 15.9 Å². The van der Waals surface area contributed by atoms with Gasteiger partial charge in [-0.2, -0.15) is 0 Å². The fourth-order valence-corrected chi connectivity index (χ4v) is 3.52. The van der Waals surface area contributed by atoms with Crippen molar-refractivity contribution in [2.75, 3.05) is 13.4 Å². The summed E-state index contributed by atoms with van der Waals surface area (Å²) in [5, 5.41) is 0.931. The lowest BCUT2D eigenvalue weighted by Crippen LogP contribution is -1.99. The molecule has 0 amide bonds. The molecule has 0 saturated carbocycles. The Bertz CT molecular complexity index is 914. The smallest absolute Gasteiger partial charge is 0.130 e. The van der Waals surface area contributed by atoms with Crippen molar-refractivity contribution in [3.8, 4) is 11.5 Å². The fourth-order valence-electron chi connectivity index (χ4n) is 2.33. The Labute approximate surface area is 151 Å². The molecule has 1 atom stereocenters. The van der Waals surface area contributed by atoms with E-state index in [1.54, 1.807) is 19.6 Å². The zero-order valence-corrected chi connectivity index (χ0v) is 15.7. The summed E-state index contributed by atoms with van der Waals surface area (Å²) in [6, 6.07) is 13.2. The summed E-state index contributed by atoms with van der Waals surface area (Å²) >= 11 is 3.51. The normalized spacial score (nSPS) is 12.1. The van der Waals surface area contributed by atoms with Gasteiger partial charge in [0.15, 0.2) is 0 Å². The van der Waals surface area contributed by atoms with E-state index in [2.05, 4.69) is 20.9 Å². The molecular weight excluding hydrogens is 390 g/mol. The van der Waals surface area contributed by atoms with Gasteiger partial charge in [0.25, 0.3) is 0 Å². The lowest BCUT2D eigenvalue weighted by atomic mass is 10.2. The van der Waals surface area contributed by atoms with Crippen LogP contribution in [0.1, 0.15) is 5.56 Å². The summed E-state index contributed by atoms with van der Waals surface area (Å²) in [6.07, 6.45) is 3.38. The van der Waals surface area contributed by atoms with Crippen LogP contribution in [0, 0.1) is 0 Å². The second kappa shape index (κ2) is 7.32. The number of pyridine rings is 1. The lowest BCUT2D eigenvalue weighted by molar-refractivity contribution is 0.309. The van der Waals surface area contributed by atoms with E-state index in [0.29, 0.717) is 6.61 Å². The molecule has 0 saturated heterocycles. The minimum absolute atomic E-state index is 0.405. The zero-order chi connectivity index (χ0) is 17.1. The maximum absolute atomic E-state index is 11.5. The molecule has 24 heavy (non-hydrogen) atoms. The van der Waals surface area contributed by atoms with Crippen molar-refractivity contribution in [2.45, 2.75) is 11.5 Å². The SMILES string of the molecule is COc1ccc2c(OCc3ccc(S(C)=O)cc3Br)ccnc2c1. The Morgan fingerprint density at radius 3 is 2.71 bits per heavy atom. The fraction of sp³-hybridized carbons (Fsp3) is 0.167. The second-order valence-electron chi connectivity index (χ2n) is 5.19. The van der Waals surface area contributed by atoms with Crippen LogP contribution in [0.25, 0.3) is 10.9 Å². The van der Waals surface area contributed by atoms with Gasteiger partial charge < -0.3 is 9.47 Å². The summed E-state index contributed by atoms with van der Waals surface area (Å²) in [4.78, 5) is 5.14. The topological polar surface area (TPSA) is 48.4 Å². The van der Waals surface area contributed by atoms with Crippen LogP contribution in [-0.4, -0.2) is 22.6 Å². The Kier molecular flexibility index (Phi) is 5.16. The van der Waals surface area contributed by atoms with Gasteiger partial charge in [0.2, 0.25) is 0 Å².